The molecule has 0 bridgehead atoms. The number of amides is 1. The van der Waals surface area contributed by atoms with E-state index in [0.29, 0.717) is 18.1 Å². The van der Waals surface area contributed by atoms with Crippen LogP contribution in [0.2, 0.25) is 0 Å². The average Bonchev–Trinajstić information content (AvgIpc) is 3.17. The summed E-state index contributed by atoms with van der Waals surface area (Å²) in [6.45, 7) is 6.78. The van der Waals surface area contributed by atoms with Gasteiger partial charge in [-0.05, 0) is 34.7 Å². The quantitative estimate of drug-likeness (QED) is 0.748. The van der Waals surface area contributed by atoms with E-state index in [-0.39, 0.29) is 22.8 Å². The van der Waals surface area contributed by atoms with Crippen molar-refractivity contribution in [3.8, 4) is 0 Å². The molecule has 0 radical (unpaired) electrons. The lowest BCUT2D eigenvalue weighted by Crippen LogP contribution is -2.44. The number of hydrogen-bond acceptors (Lipinski definition) is 6. The molecule has 1 saturated heterocycles. The van der Waals surface area contributed by atoms with Crippen molar-refractivity contribution >= 4 is 33.5 Å². The van der Waals surface area contributed by atoms with Gasteiger partial charge < -0.3 is 11.1 Å². The highest BCUT2D eigenvalue weighted by molar-refractivity contribution is 8.02. The van der Waals surface area contributed by atoms with E-state index in [0.717, 1.165) is 11.1 Å². The summed E-state index contributed by atoms with van der Waals surface area (Å²) in [4.78, 5) is 16.9. The van der Waals surface area contributed by atoms with E-state index < -0.39 is 15.4 Å². The first-order chi connectivity index (χ1) is 13.6. The lowest BCUT2D eigenvalue weighted by molar-refractivity contribution is -0.122. The van der Waals surface area contributed by atoms with Crippen molar-refractivity contribution in [3.63, 3.8) is 0 Å². The summed E-state index contributed by atoms with van der Waals surface area (Å²) in [5.74, 6) is 0.640. The molecule has 1 aliphatic heterocycles. The number of nitrogens with zero attached hydrogens (tertiary/aromatic N) is 2. The lowest BCUT2D eigenvalue weighted by atomic mass is 9.87. The van der Waals surface area contributed by atoms with Gasteiger partial charge in [-0.1, -0.05) is 39.0 Å². The molecule has 9 heteroatoms. The lowest BCUT2D eigenvalue weighted by Gasteiger charge is -2.23. The second-order valence-corrected chi connectivity index (χ2v) is 11.0. The topological polar surface area (TPSA) is 105 Å². The number of nitrogens with one attached hydrogen (secondary N) is 1. The van der Waals surface area contributed by atoms with E-state index >= 15 is 0 Å². The summed E-state index contributed by atoms with van der Waals surface area (Å²) in [7, 11) is -3.76. The van der Waals surface area contributed by atoms with Gasteiger partial charge in [0.05, 0.1) is 4.90 Å². The SMILES string of the molecule is CC(C)(C)c1ccc(S(=O)(=O)N2CCSC2C(=O)NCc2ccc(N)nc2)cc1. The van der Waals surface area contributed by atoms with Crippen LogP contribution >= 0.6 is 11.8 Å². The highest BCUT2D eigenvalue weighted by Gasteiger charge is 2.40. The van der Waals surface area contributed by atoms with Gasteiger partial charge in [-0.2, -0.15) is 4.31 Å². The molecule has 1 aliphatic rings. The zero-order valence-electron chi connectivity index (χ0n) is 16.8. The van der Waals surface area contributed by atoms with E-state index in [1.165, 1.54) is 16.1 Å². The number of carbonyl (C=O) groups is 1. The first kappa shape index (κ1) is 21.6. The Morgan fingerprint density at radius 3 is 2.52 bits per heavy atom. The van der Waals surface area contributed by atoms with E-state index in [2.05, 4.69) is 31.1 Å². The molecule has 0 aliphatic carbocycles. The number of hydrogen-bond donors (Lipinski definition) is 2. The zero-order valence-corrected chi connectivity index (χ0v) is 18.4. The van der Waals surface area contributed by atoms with Crippen LogP contribution in [-0.2, 0) is 26.8 Å². The minimum absolute atomic E-state index is 0.0643. The maximum Gasteiger partial charge on any atom is 0.249 e. The van der Waals surface area contributed by atoms with Crippen molar-refractivity contribution in [3.05, 3.63) is 53.7 Å². The number of thioether (sulfide) groups is 1. The number of sulfonamides is 1. The molecular weight excluding hydrogens is 408 g/mol. The predicted molar refractivity (Wildman–Crippen MR) is 116 cm³/mol. The van der Waals surface area contributed by atoms with Crippen LogP contribution in [0, 0.1) is 0 Å². The summed E-state index contributed by atoms with van der Waals surface area (Å²) < 4.78 is 27.5. The van der Waals surface area contributed by atoms with E-state index in [4.69, 9.17) is 5.73 Å². The number of nitrogen functional groups attached to an aromatic ring is 1. The Morgan fingerprint density at radius 2 is 1.93 bits per heavy atom. The van der Waals surface area contributed by atoms with Gasteiger partial charge in [-0.25, -0.2) is 13.4 Å². The average molecular weight is 435 g/mol. The molecule has 156 valence electrons. The second-order valence-electron chi connectivity index (χ2n) is 7.92. The van der Waals surface area contributed by atoms with Crippen LogP contribution in [0.3, 0.4) is 0 Å². The molecule has 2 aromatic rings. The van der Waals surface area contributed by atoms with Crippen LogP contribution in [0.25, 0.3) is 0 Å². The van der Waals surface area contributed by atoms with Gasteiger partial charge in [-0.15, -0.1) is 11.8 Å². The van der Waals surface area contributed by atoms with Gasteiger partial charge in [-0.3, -0.25) is 4.79 Å². The third-order valence-electron chi connectivity index (χ3n) is 4.71. The first-order valence-electron chi connectivity index (χ1n) is 9.31. The molecule has 0 spiro atoms. The Bertz CT molecular complexity index is 968. The molecule has 3 N–H and O–H groups in total. The molecule has 29 heavy (non-hydrogen) atoms. The normalized spacial score (nSPS) is 18.0. The fourth-order valence-electron chi connectivity index (χ4n) is 2.99. The van der Waals surface area contributed by atoms with E-state index in [9.17, 15) is 13.2 Å². The van der Waals surface area contributed by atoms with Gasteiger partial charge >= 0.3 is 0 Å². The fraction of sp³-hybridized carbons (Fsp3) is 0.400. The smallest absolute Gasteiger partial charge is 0.249 e. The molecule has 1 atom stereocenters. The standard InChI is InChI=1S/C20H26N4O3S2/c1-20(2,3)15-5-7-16(8-6-15)29(26,27)24-10-11-28-19(24)18(25)23-13-14-4-9-17(21)22-12-14/h4-9,12,19H,10-11,13H2,1-3H3,(H2,21,22)(H,23,25). The zero-order chi connectivity index (χ0) is 21.2. The van der Waals surface area contributed by atoms with Crippen molar-refractivity contribution in [1.29, 1.82) is 0 Å². The molecule has 0 saturated carbocycles. The molecular formula is C20H26N4O3S2. The van der Waals surface area contributed by atoms with Crippen molar-refractivity contribution in [2.24, 2.45) is 0 Å². The summed E-state index contributed by atoms with van der Waals surface area (Å²) in [6.07, 6.45) is 1.59. The Balaban J connectivity index is 1.73. The number of nitrogens with two attached hydrogens (primary N) is 1. The maximum atomic E-state index is 13.1. The highest BCUT2D eigenvalue weighted by Crippen LogP contribution is 2.31. The summed E-state index contributed by atoms with van der Waals surface area (Å²) >= 11 is 1.32. The van der Waals surface area contributed by atoms with Crippen LogP contribution in [0.4, 0.5) is 5.82 Å². The van der Waals surface area contributed by atoms with Gasteiger partial charge in [0.25, 0.3) is 0 Å². The molecule has 1 aromatic carbocycles. The van der Waals surface area contributed by atoms with Gasteiger partial charge in [0.15, 0.2) is 0 Å². The Morgan fingerprint density at radius 1 is 1.24 bits per heavy atom. The Labute approximate surface area is 176 Å². The molecule has 1 amide bonds. The molecule has 1 unspecified atom stereocenters. The third kappa shape index (κ3) is 4.91. The maximum absolute atomic E-state index is 13.1. The van der Waals surface area contributed by atoms with Crippen molar-refractivity contribution in [2.45, 2.75) is 43.0 Å². The number of carbonyl (C=O) groups excluding carboxylic acids is 1. The number of rotatable bonds is 5. The van der Waals surface area contributed by atoms with Crippen molar-refractivity contribution in [2.75, 3.05) is 18.0 Å². The van der Waals surface area contributed by atoms with Crippen molar-refractivity contribution < 1.29 is 13.2 Å². The largest absolute Gasteiger partial charge is 0.384 e. The number of anilines is 1. The van der Waals surface area contributed by atoms with Crippen LogP contribution < -0.4 is 11.1 Å². The third-order valence-corrected chi connectivity index (χ3v) is 7.93. The second kappa shape index (κ2) is 8.33. The minimum Gasteiger partial charge on any atom is -0.384 e. The molecule has 3 rings (SSSR count). The number of aromatic nitrogens is 1. The van der Waals surface area contributed by atoms with E-state index in [1.54, 1.807) is 30.5 Å². The van der Waals surface area contributed by atoms with Crippen LogP contribution in [0.1, 0.15) is 31.9 Å². The molecule has 7 nitrogen and oxygen atoms in total. The van der Waals surface area contributed by atoms with Gasteiger partial charge in [0.2, 0.25) is 15.9 Å². The first-order valence-corrected chi connectivity index (χ1v) is 11.8. The predicted octanol–water partition coefficient (Wildman–Crippen LogP) is 2.34. The van der Waals surface area contributed by atoms with Crippen LogP contribution in [0.5, 0.6) is 0 Å². The van der Waals surface area contributed by atoms with Gasteiger partial charge in [0.1, 0.15) is 11.2 Å². The number of pyridine rings is 1. The Hall–Kier alpha value is -2.10. The van der Waals surface area contributed by atoms with Crippen LogP contribution in [-0.4, -0.2) is 41.3 Å². The molecule has 1 fully saturated rings. The highest BCUT2D eigenvalue weighted by atomic mass is 32.2. The Kier molecular flexibility index (Phi) is 6.21. The van der Waals surface area contributed by atoms with E-state index in [1.807, 2.05) is 12.1 Å². The summed E-state index contributed by atoms with van der Waals surface area (Å²) in [5, 5.41) is 2.01. The monoisotopic (exact) mass is 434 g/mol. The fourth-order valence-corrected chi connectivity index (χ4v) is 6.09. The van der Waals surface area contributed by atoms with Crippen molar-refractivity contribution in [1.82, 2.24) is 14.6 Å². The summed E-state index contributed by atoms with van der Waals surface area (Å²) in [5.41, 5.74) is 7.35. The van der Waals surface area contributed by atoms with Gasteiger partial charge in [0, 0.05) is 25.0 Å². The van der Waals surface area contributed by atoms with Crippen LogP contribution in [0.15, 0.2) is 47.5 Å². The minimum atomic E-state index is -3.76. The number of benzene rings is 1. The molecule has 1 aromatic heterocycles. The molecule has 2 heterocycles. The summed E-state index contributed by atoms with van der Waals surface area (Å²) in [6, 6.07) is 10.3.